The van der Waals surface area contributed by atoms with Crippen molar-refractivity contribution in [2.45, 2.75) is 57.6 Å². The Morgan fingerprint density at radius 2 is 1.80 bits per heavy atom. The minimum absolute atomic E-state index is 0.0179. The molecule has 0 heterocycles. The Kier molecular flexibility index (Phi) is 5.93. The first-order valence-electron chi connectivity index (χ1n) is 8.68. The molecule has 138 valence electrons. The SMILES string of the molecule is COc1cc(C(=O)N(C)C2(C(=O)O)CCCCC2)ccc1OC(C)C. The lowest BCUT2D eigenvalue weighted by molar-refractivity contribution is -0.151. The Bertz CT molecular complexity index is 635. The molecule has 2 rings (SSSR count). The summed E-state index contributed by atoms with van der Waals surface area (Å²) in [5, 5.41) is 9.76. The topological polar surface area (TPSA) is 76.1 Å². The zero-order chi connectivity index (χ0) is 18.6. The van der Waals surface area contributed by atoms with E-state index in [9.17, 15) is 14.7 Å². The quantitative estimate of drug-likeness (QED) is 0.852. The van der Waals surface area contributed by atoms with Crippen LogP contribution >= 0.6 is 0 Å². The Morgan fingerprint density at radius 1 is 1.16 bits per heavy atom. The number of benzene rings is 1. The lowest BCUT2D eigenvalue weighted by Gasteiger charge is -2.41. The van der Waals surface area contributed by atoms with Gasteiger partial charge in [0.15, 0.2) is 11.5 Å². The van der Waals surface area contributed by atoms with Gasteiger partial charge >= 0.3 is 5.97 Å². The zero-order valence-electron chi connectivity index (χ0n) is 15.4. The van der Waals surface area contributed by atoms with Crippen LogP contribution in [0.15, 0.2) is 18.2 Å². The number of methoxy groups -OCH3 is 1. The number of rotatable bonds is 6. The molecule has 6 nitrogen and oxygen atoms in total. The molecule has 1 aliphatic carbocycles. The third kappa shape index (κ3) is 3.89. The van der Waals surface area contributed by atoms with Crippen molar-refractivity contribution < 1.29 is 24.2 Å². The van der Waals surface area contributed by atoms with E-state index in [0.717, 1.165) is 19.3 Å². The van der Waals surface area contributed by atoms with Crippen LogP contribution in [0.4, 0.5) is 0 Å². The summed E-state index contributed by atoms with van der Waals surface area (Å²) in [4.78, 5) is 26.2. The first-order valence-corrected chi connectivity index (χ1v) is 8.68. The number of aliphatic carboxylic acids is 1. The number of carboxylic acid groups (broad SMARTS) is 1. The van der Waals surface area contributed by atoms with Crippen LogP contribution in [0, 0.1) is 0 Å². The van der Waals surface area contributed by atoms with Crippen molar-refractivity contribution in [3.8, 4) is 11.5 Å². The summed E-state index contributed by atoms with van der Waals surface area (Å²) >= 11 is 0. The number of ether oxygens (including phenoxy) is 2. The predicted molar refractivity (Wildman–Crippen MR) is 94.3 cm³/mol. The average molecular weight is 349 g/mol. The fraction of sp³-hybridized carbons (Fsp3) is 0.579. The second kappa shape index (κ2) is 7.76. The van der Waals surface area contributed by atoms with Crippen molar-refractivity contribution in [1.82, 2.24) is 4.90 Å². The van der Waals surface area contributed by atoms with E-state index in [0.29, 0.717) is 29.9 Å². The molecular formula is C19H27NO5. The van der Waals surface area contributed by atoms with Gasteiger partial charge in [0.1, 0.15) is 5.54 Å². The number of carbonyl (C=O) groups is 2. The van der Waals surface area contributed by atoms with Gasteiger partial charge in [-0.3, -0.25) is 4.79 Å². The van der Waals surface area contributed by atoms with Gasteiger partial charge in [-0.05, 0) is 44.9 Å². The summed E-state index contributed by atoms with van der Waals surface area (Å²) in [7, 11) is 3.09. The highest BCUT2D eigenvalue weighted by molar-refractivity contribution is 5.98. The van der Waals surface area contributed by atoms with Crippen LogP contribution in [0.25, 0.3) is 0 Å². The summed E-state index contributed by atoms with van der Waals surface area (Å²) in [6.07, 6.45) is 3.58. The molecule has 1 fully saturated rings. The largest absolute Gasteiger partial charge is 0.493 e. The molecule has 25 heavy (non-hydrogen) atoms. The average Bonchev–Trinajstić information content (AvgIpc) is 2.60. The molecule has 1 amide bonds. The Morgan fingerprint density at radius 3 is 2.32 bits per heavy atom. The van der Waals surface area contributed by atoms with Crippen molar-refractivity contribution in [3.05, 3.63) is 23.8 Å². The highest BCUT2D eigenvalue weighted by Gasteiger charge is 2.45. The van der Waals surface area contributed by atoms with E-state index in [-0.39, 0.29) is 12.0 Å². The third-order valence-corrected chi connectivity index (χ3v) is 4.80. The van der Waals surface area contributed by atoms with Gasteiger partial charge in [-0.25, -0.2) is 4.79 Å². The fourth-order valence-electron chi connectivity index (χ4n) is 3.37. The van der Waals surface area contributed by atoms with E-state index >= 15 is 0 Å². The van der Waals surface area contributed by atoms with Crippen LogP contribution in [0.2, 0.25) is 0 Å². The summed E-state index contributed by atoms with van der Waals surface area (Å²) in [5.41, 5.74) is -0.739. The van der Waals surface area contributed by atoms with Gasteiger partial charge in [-0.2, -0.15) is 0 Å². The Balaban J connectivity index is 2.31. The van der Waals surface area contributed by atoms with Crippen LogP contribution in [0.1, 0.15) is 56.3 Å². The van der Waals surface area contributed by atoms with Crippen LogP contribution in [-0.2, 0) is 4.79 Å². The van der Waals surface area contributed by atoms with Crippen molar-refractivity contribution in [1.29, 1.82) is 0 Å². The molecule has 0 aliphatic heterocycles. The molecule has 1 aliphatic rings. The van der Waals surface area contributed by atoms with Crippen molar-refractivity contribution >= 4 is 11.9 Å². The number of likely N-dealkylation sites (N-methyl/N-ethyl adjacent to an activating group) is 1. The number of carboxylic acids is 1. The molecule has 0 spiro atoms. The summed E-state index contributed by atoms with van der Waals surface area (Å²) in [5.74, 6) is -0.239. The number of amides is 1. The molecule has 0 unspecified atom stereocenters. The molecule has 6 heteroatoms. The van der Waals surface area contributed by atoms with Gasteiger partial charge < -0.3 is 19.5 Å². The molecular weight excluding hydrogens is 322 g/mol. The van der Waals surface area contributed by atoms with Crippen LogP contribution < -0.4 is 9.47 Å². The highest BCUT2D eigenvalue weighted by Crippen LogP contribution is 2.35. The number of hydrogen-bond donors (Lipinski definition) is 1. The molecule has 1 N–H and O–H groups in total. The minimum atomic E-state index is -1.13. The number of carbonyl (C=O) groups excluding carboxylic acids is 1. The van der Waals surface area contributed by atoms with Crippen LogP contribution in [0.3, 0.4) is 0 Å². The first kappa shape index (κ1) is 19.1. The smallest absolute Gasteiger partial charge is 0.329 e. The van der Waals surface area contributed by atoms with Gasteiger partial charge in [0.25, 0.3) is 5.91 Å². The van der Waals surface area contributed by atoms with E-state index in [1.165, 1.54) is 12.0 Å². The summed E-state index contributed by atoms with van der Waals surface area (Å²) in [6.45, 7) is 3.82. The summed E-state index contributed by atoms with van der Waals surface area (Å²) in [6, 6.07) is 4.95. The van der Waals surface area contributed by atoms with Crippen LogP contribution in [0.5, 0.6) is 11.5 Å². The Labute approximate surface area is 148 Å². The lowest BCUT2D eigenvalue weighted by Crippen LogP contribution is -2.56. The normalized spacial score (nSPS) is 16.4. The van der Waals surface area contributed by atoms with Gasteiger partial charge in [0.05, 0.1) is 13.2 Å². The maximum absolute atomic E-state index is 12.9. The maximum atomic E-state index is 12.9. The molecule has 0 atom stereocenters. The monoisotopic (exact) mass is 349 g/mol. The van der Waals surface area contributed by atoms with Crippen molar-refractivity contribution in [3.63, 3.8) is 0 Å². The Hall–Kier alpha value is -2.24. The number of hydrogen-bond acceptors (Lipinski definition) is 4. The third-order valence-electron chi connectivity index (χ3n) is 4.80. The standard InChI is InChI=1S/C19H27NO5/c1-13(2)25-15-9-8-14(12-16(15)24-4)17(21)20(3)19(18(22)23)10-6-5-7-11-19/h8-9,12-13H,5-7,10-11H2,1-4H3,(H,22,23). The van der Waals surface area contributed by atoms with E-state index in [2.05, 4.69) is 0 Å². The molecule has 0 saturated heterocycles. The van der Waals surface area contributed by atoms with E-state index in [1.54, 1.807) is 25.2 Å². The van der Waals surface area contributed by atoms with E-state index in [1.807, 2.05) is 13.8 Å². The van der Waals surface area contributed by atoms with Crippen molar-refractivity contribution in [2.24, 2.45) is 0 Å². The van der Waals surface area contributed by atoms with Gasteiger partial charge in [0.2, 0.25) is 0 Å². The fourth-order valence-corrected chi connectivity index (χ4v) is 3.37. The molecule has 0 aromatic heterocycles. The second-order valence-electron chi connectivity index (χ2n) is 6.79. The first-order chi connectivity index (χ1) is 11.8. The minimum Gasteiger partial charge on any atom is -0.493 e. The van der Waals surface area contributed by atoms with Gasteiger partial charge in [-0.15, -0.1) is 0 Å². The molecule has 1 aromatic rings. The molecule has 0 radical (unpaired) electrons. The maximum Gasteiger partial charge on any atom is 0.329 e. The van der Waals surface area contributed by atoms with E-state index in [4.69, 9.17) is 9.47 Å². The van der Waals surface area contributed by atoms with Gasteiger partial charge in [-0.1, -0.05) is 19.3 Å². The summed E-state index contributed by atoms with van der Waals surface area (Å²) < 4.78 is 11.0. The van der Waals surface area contributed by atoms with E-state index < -0.39 is 11.5 Å². The zero-order valence-corrected chi connectivity index (χ0v) is 15.4. The van der Waals surface area contributed by atoms with Crippen LogP contribution in [-0.4, -0.2) is 47.7 Å². The predicted octanol–water partition coefficient (Wildman–Crippen LogP) is 3.34. The van der Waals surface area contributed by atoms with Crippen molar-refractivity contribution in [2.75, 3.05) is 14.2 Å². The second-order valence-corrected chi connectivity index (χ2v) is 6.79. The highest BCUT2D eigenvalue weighted by atomic mass is 16.5. The molecule has 1 saturated carbocycles. The molecule has 0 bridgehead atoms. The van der Waals surface area contributed by atoms with Gasteiger partial charge in [0, 0.05) is 12.6 Å². The molecule has 1 aromatic carbocycles. The lowest BCUT2D eigenvalue weighted by atomic mass is 9.80. The number of nitrogens with zero attached hydrogens (tertiary/aromatic N) is 1.